The minimum absolute atomic E-state index is 0.00932. The number of hydrogen-bond acceptors (Lipinski definition) is 4. The van der Waals surface area contributed by atoms with Crippen LogP contribution < -0.4 is 11.1 Å². The number of ether oxygens (including phenoxy) is 1. The normalized spacial score (nSPS) is 33.4. The topological polar surface area (TPSA) is 71.1 Å². The molecule has 0 amide bonds. The molecule has 0 radical (unpaired) electrons. The Morgan fingerprint density at radius 1 is 1.50 bits per heavy atom. The molecular formula is C13H14FN3O. The molecule has 94 valence electrons. The number of anilines is 1. The lowest BCUT2D eigenvalue weighted by Gasteiger charge is -2.46. The van der Waals surface area contributed by atoms with E-state index in [9.17, 15) is 4.39 Å². The van der Waals surface area contributed by atoms with E-state index in [1.165, 1.54) is 12.1 Å². The van der Waals surface area contributed by atoms with Crippen LogP contribution >= 0.6 is 0 Å². The summed E-state index contributed by atoms with van der Waals surface area (Å²) in [7, 11) is 0. The molecule has 2 aliphatic rings. The van der Waals surface area contributed by atoms with Crippen LogP contribution in [0.4, 0.5) is 10.1 Å². The van der Waals surface area contributed by atoms with E-state index < -0.39 is 5.82 Å². The third-order valence-electron chi connectivity index (χ3n) is 3.87. The summed E-state index contributed by atoms with van der Waals surface area (Å²) < 4.78 is 18.6. The van der Waals surface area contributed by atoms with Crippen molar-refractivity contribution in [3.63, 3.8) is 0 Å². The SMILES string of the molecule is N#Cc1cc(F)ccc1NC1C(N)C2CCOC21. The van der Waals surface area contributed by atoms with Gasteiger partial charge in [0.1, 0.15) is 11.9 Å². The number of benzene rings is 1. The van der Waals surface area contributed by atoms with Gasteiger partial charge in [-0.2, -0.15) is 5.26 Å². The van der Waals surface area contributed by atoms with Crippen LogP contribution in [-0.4, -0.2) is 24.8 Å². The fraction of sp³-hybridized carbons (Fsp3) is 0.462. The smallest absolute Gasteiger partial charge is 0.124 e. The molecule has 0 spiro atoms. The number of nitrogens with two attached hydrogens (primary N) is 1. The summed E-state index contributed by atoms with van der Waals surface area (Å²) in [6.45, 7) is 0.746. The van der Waals surface area contributed by atoms with Gasteiger partial charge in [-0.15, -0.1) is 0 Å². The molecule has 4 unspecified atom stereocenters. The van der Waals surface area contributed by atoms with E-state index in [1.807, 2.05) is 6.07 Å². The van der Waals surface area contributed by atoms with Crippen molar-refractivity contribution in [2.24, 2.45) is 11.7 Å². The van der Waals surface area contributed by atoms with E-state index in [0.29, 0.717) is 17.2 Å². The summed E-state index contributed by atoms with van der Waals surface area (Å²) in [4.78, 5) is 0. The maximum atomic E-state index is 13.0. The van der Waals surface area contributed by atoms with Gasteiger partial charge in [0.2, 0.25) is 0 Å². The zero-order valence-corrected chi connectivity index (χ0v) is 9.77. The Kier molecular flexibility index (Phi) is 2.69. The Morgan fingerprint density at radius 3 is 3.11 bits per heavy atom. The fourth-order valence-corrected chi connectivity index (χ4v) is 2.84. The van der Waals surface area contributed by atoms with Gasteiger partial charge in [-0.1, -0.05) is 0 Å². The number of nitriles is 1. The first-order chi connectivity index (χ1) is 8.70. The highest BCUT2D eigenvalue weighted by Crippen LogP contribution is 2.39. The Hall–Kier alpha value is -1.64. The van der Waals surface area contributed by atoms with Crippen molar-refractivity contribution in [3.8, 4) is 6.07 Å². The third-order valence-corrected chi connectivity index (χ3v) is 3.87. The monoisotopic (exact) mass is 247 g/mol. The van der Waals surface area contributed by atoms with Gasteiger partial charge in [-0.25, -0.2) is 4.39 Å². The summed E-state index contributed by atoms with van der Waals surface area (Å²) in [5.41, 5.74) is 6.99. The molecular weight excluding hydrogens is 233 g/mol. The van der Waals surface area contributed by atoms with Crippen molar-refractivity contribution < 1.29 is 9.13 Å². The van der Waals surface area contributed by atoms with Crippen LogP contribution in [0.15, 0.2) is 18.2 Å². The Balaban J connectivity index is 1.79. The minimum Gasteiger partial charge on any atom is -0.377 e. The van der Waals surface area contributed by atoms with Gasteiger partial charge in [0.05, 0.1) is 23.4 Å². The van der Waals surface area contributed by atoms with Crippen LogP contribution in [0.3, 0.4) is 0 Å². The highest BCUT2D eigenvalue weighted by atomic mass is 19.1. The van der Waals surface area contributed by atoms with Crippen molar-refractivity contribution in [1.82, 2.24) is 0 Å². The van der Waals surface area contributed by atoms with Crippen LogP contribution in [0.25, 0.3) is 0 Å². The van der Waals surface area contributed by atoms with E-state index in [1.54, 1.807) is 6.07 Å². The Labute approximate surface area is 105 Å². The summed E-state index contributed by atoms with van der Waals surface area (Å²) in [5, 5.41) is 12.2. The summed E-state index contributed by atoms with van der Waals surface area (Å²) in [6, 6.07) is 6.15. The third kappa shape index (κ3) is 1.65. The van der Waals surface area contributed by atoms with E-state index in [4.69, 9.17) is 15.7 Å². The fourth-order valence-electron chi connectivity index (χ4n) is 2.84. The lowest BCUT2D eigenvalue weighted by atomic mass is 9.72. The van der Waals surface area contributed by atoms with Crippen LogP contribution in [-0.2, 0) is 4.74 Å². The minimum atomic E-state index is -0.412. The molecule has 1 aliphatic carbocycles. The number of rotatable bonds is 2. The average molecular weight is 247 g/mol. The molecule has 1 heterocycles. The second-order valence-electron chi connectivity index (χ2n) is 4.84. The predicted molar refractivity (Wildman–Crippen MR) is 64.3 cm³/mol. The van der Waals surface area contributed by atoms with Crippen LogP contribution in [0.1, 0.15) is 12.0 Å². The molecule has 1 saturated carbocycles. The highest BCUT2D eigenvalue weighted by molar-refractivity contribution is 5.58. The van der Waals surface area contributed by atoms with Gasteiger partial charge >= 0.3 is 0 Å². The number of fused-ring (bicyclic) bond motifs is 1. The molecule has 5 heteroatoms. The second kappa shape index (κ2) is 4.23. The molecule has 1 aliphatic heterocycles. The Bertz CT molecular complexity index is 513. The maximum Gasteiger partial charge on any atom is 0.124 e. The molecule has 18 heavy (non-hydrogen) atoms. The lowest BCUT2D eigenvalue weighted by Crippen LogP contribution is -2.65. The zero-order chi connectivity index (χ0) is 12.7. The molecule has 4 atom stereocenters. The molecule has 0 aromatic heterocycles. The van der Waals surface area contributed by atoms with Crippen molar-refractivity contribution >= 4 is 5.69 Å². The summed E-state index contributed by atoms with van der Waals surface area (Å²) in [5.74, 6) is -0.00140. The zero-order valence-electron chi connectivity index (χ0n) is 9.77. The molecule has 1 aromatic rings. The van der Waals surface area contributed by atoms with E-state index in [2.05, 4.69) is 5.32 Å². The van der Waals surface area contributed by atoms with Gasteiger partial charge in [0, 0.05) is 18.6 Å². The first-order valence-electron chi connectivity index (χ1n) is 6.04. The number of nitrogens with one attached hydrogen (secondary N) is 1. The molecule has 2 fully saturated rings. The molecule has 0 bridgehead atoms. The van der Waals surface area contributed by atoms with Gasteiger partial charge in [0.15, 0.2) is 0 Å². The van der Waals surface area contributed by atoms with Crippen molar-refractivity contribution in [3.05, 3.63) is 29.6 Å². The van der Waals surface area contributed by atoms with Crippen LogP contribution in [0, 0.1) is 23.1 Å². The van der Waals surface area contributed by atoms with E-state index in [-0.39, 0.29) is 18.2 Å². The van der Waals surface area contributed by atoms with Gasteiger partial charge in [0.25, 0.3) is 0 Å². The molecule has 3 rings (SSSR count). The molecule has 4 nitrogen and oxygen atoms in total. The first kappa shape index (κ1) is 11.5. The standard InChI is InChI=1S/C13H14FN3O/c14-8-1-2-10(7(5-8)6-15)17-12-11(16)9-3-4-18-13(9)12/h1-2,5,9,11-13,17H,3-4,16H2. The van der Waals surface area contributed by atoms with Crippen LogP contribution in [0.2, 0.25) is 0 Å². The summed E-state index contributed by atoms with van der Waals surface area (Å²) >= 11 is 0. The van der Waals surface area contributed by atoms with E-state index in [0.717, 1.165) is 13.0 Å². The van der Waals surface area contributed by atoms with Crippen molar-refractivity contribution in [2.75, 3.05) is 11.9 Å². The number of hydrogen-bond donors (Lipinski definition) is 2. The second-order valence-corrected chi connectivity index (χ2v) is 4.84. The van der Waals surface area contributed by atoms with Crippen molar-refractivity contribution in [2.45, 2.75) is 24.6 Å². The largest absolute Gasteiger partial charge is 0.377 e. The number of nitrogens with zero attached hydrogens (tertiary/aromatic N) is 1. The van der Waals surface area contributed by atoms with Gasteiger partial charge in [-0.05, 0) is 24.6 Å². The lowest BCUT2D eigenvalue weighted by molar-refractivity contribution is 0.00537. The van der Waals surface area contributed by atoms with Crippen molar-refractivity contribution in [1.29, 1.82) is 5.26 Å². The first-order valence-corrected chi connectivity index (χ1v) is 6.04. The molecule has 1 aromatic carbocycles. The quantitative estimate of drug-likeness (QED) is 0.824. The van der Waals surface area contributed by atoms with E-state index >= 15 is 0 Å². The highest BCUT2D eigenvalue weighted by Gasteiger charge is 2.52. The maximum absolute atomic E-state index is 13.0. The number of halogens is 1. The molecule has 1 saturated heterocycles. The Morgan fingerprint density at radius 2 is 2.33 bits per heavy atom. The predicted octanol–water partition coefficient (Wildman–Crippen LogP) is 1.22. The van der Waals surface area contributed by atoms with Gasteiger partial charge < -0.3 is 15.8 Å². The average Bonchev–Trinajstić information content (AvgIpc) is 2.81. The summed E-state index contributed by atoms with van der Waals surface area (Å²) in [6.07, 6.45) is 1.12. The van der Waals surface area contributed by atoms with Gasteiger partial charge in [-0.3, -0.25) is 0 Å². The van der Waals surface area contributed by atoms with Crippen LogP contribution in [0.5, 0.6) is 0 Å². The molecule has 3 N–H and O–H groups in total.